The minimum atomic E-state index is -3.99. The minimum Gasteiger partial charge on any atom is -0.480 e. The first kappa shape index (κ1) is 17.1. The smallest absolute Gasteiger partial charge is 0.317 e. The number of carbonyl (C=O) groups is 1. The summed E-state index contributed by atoms with van der Waals surface area (Å²) >= 11 is 5.64. The van der Waals surface area contributed by atoms with Gasteiger partial charge in [0, 0.05) is 26.2 Å². The number of rotatable bonds is 4. The summed E-state index contributed by atoms with van der Waals surface area (Å²) in [5, 5.41) is 8.54. The van der Waals surface area contributed by atoms with Crippen molar-refractivity contribution in [3.8, 4) is 0 Å². The van der Waals surface area contributed by atoms with Crippen LogP contribution < -0.4 is 0 Å². The lowest BCUT2D eigenvalue weighted by Crippen LogP contribution is -2.37. The number of benzene rings is 1. The van der Waals surface area contributed by atoms with Gasteiger partial charge in [0.05, 0.1) is 11.6 Å². The first-order valence-corrected chi connectivity index (χ1v) is 8.52. The second kappa shape index (κ2) is 6.91. The molecule has 1 aromatic rings. The Kier molecular flexibility index (Phi) is 5.38. The zero-order valence-corrected chi connectivity index (χ0v) is 13.3. The lowest BCUT2D eigenvalue weighted by Gasteiger charge is -2.21. The van der Waals surface area contributed by atoms with Crippen molar-refractivity contribution >= 4 is 27.6 Å². The molecule has 1 fully saturated rings. The predicted octanol–water partition coefficient (Wildman–Crippen LogP) is 1.26. The van der Waals surface area contributed by atoms with Crippen molar-refractivity contribution in [3.05, 3.63) is 29.0 Å². The molecule has 0 aliphatic carbocycles. The van der Waals surface area contributed by atoms with E-state index in [0.717, 1.165) is 0 Å². The van der Waals surface area contributed by atoms with Crippen molar-refractivity contribution in [1.29, 1.82) is 0 Å². The molecule has 1 heterocycles. The molecule has 0 amide bonds. The Hall–Kier alpha value is -1.22. The molecule has 0 aromatic heterocycles. The maximum atomic E-state index is 14.0. The summed E-state index contributed by atoms with van der Waals surface area (Å²) in [4.78, 5) is 11.9. The number of sulfonamides is 1. The van der Waals surface area contributed by atoms with Crippen LogP contribution in [-0.4, -0.2) is 61.4 Å². The molecule has 0 bridgehead atoms. The van der Waals surface area contributed by atoms with Crippen molar-refractivity contribution in [2.45, 2.75) is 11.3 Å². The van der Waals surface area contributed by atoms with Gasteiger partial charge in [-0.25, -0.2) is 12.8 Å². The van der Waals surface area contributed by atoms with E-state index >= 15 is 0 Å². The van der Waals surface area contributed by atoms with Gasteiger partial charge in [-0.1, -0.05) is 17.7 Å². The average Bonchev–Trinajstić information content (AvgIpc) is 2.67. The number of halogens is 2. The molecule has 2 rings (SSSR count). The second-order valence-corrected chi connectivity index (χ2v) is 7.29. The summed E-state index contributed by atoms with van der Waals surface area (Å²) in [5.74, 6) is -1.92. The zero-order chi connectivity index (χ0) is 16.3. The fourth-order valence-electron chi connectivity index (χ4n) is 2.36. The van der Waals surface area contributed by atoms with E-state index < -0.39 is 26.7 Å². The first-order valence-electron chi connectivity index (χ1n) is 6.70. The van der Waals surface area contributed by atoms with E-state index in [2.05, 4.69) is 0 Å². The number of carboxylic acid groups (broad SMARTS) is 1. The summed E-state index contributed by atoms with van der Waals surface area (Å²) in [6.45, 7) is 0.954. The van der Waals surface area contributed by atoms with Crippen molar-refractivity contribution in [2.24, 2.45) is 0 Å². The number of carboxylic acids is 1. The van der Waals surface area contributed by atoms with E-state index in [-0.39, 0.29) is 31.2 Å². The molecule has 0 unspecified atom stereocenters. The van der Waals surface area contributed by atoms with Gasteiger partial charge in [0.25, 0.3) is 0 Å². The van der Waals surface area contributed by atoms with Gasteiger partial charge >= 0.3 is 5.97 Å². The average molecular weight is 351 g/mol. The summed E-state index contributed by atoms with van der Waals surface area (Å²) in [5.41, 5.74) is 0. The van der Waals surface area contributed by atoms with Gasteiger partial charge in [0.1, 0.15) is 4.90 Å². The van der Waals surface area contributed by atoms with E-state index in [0.29, 0.717) is 13.0 Å². The molecular weight excluding hydrogens is 335 g/mol. The maximum Gasteiger partial charge on any atom is 0.317 e. The van der Waals surface area contributed by atoms with Crippen LogP contribution in [0.25, 0.3) is 0 Å². The molecule has 1 aliphatic heterocycles. The third kappa shape index (κ3) is 3.75. The zero-order valence-electron chi connectivity index (χ0n) is 11.7. The molecule has 0 saturated carbocycles. The SMILES string of the molecule is O=C(O)CN1CCCN(S(=O)(=O)c2cccc(Cl)c2F)CC1. The highest BCUT2D eigenvalue weighted by atomic mass is 35.5. The highest BCUT2D eigenvalue weighted by molar-refractivity contribution is 7.89. The topological polar surface area (TPSA) is 77.9 Å². The number of nitrogens with zero attached hydrogens (tertiary/aromatic N) is 2. The van der Waals surface area contributed by atoms with E-state index in [4.69, 9.17) is 16.7 Å². The Morgan fingerprint density at radius 2 is 2.00 bits per heavy atom. The van der Waals surface area contributed by atoms with Crippen LogP contribution in [-0.2, 0) is 14.8 Å². The van der Waals surface area contributed by atoms with Crippen molar-refractivity contribution in [3.63, 3.8) is 0 Å². The first-order chi connectivity index (χ1) is 10.3. The Morgan fingerprint density at radius 3 is 2.68 bits per heavy atom. The van der Waals surface area contributed by atoms with E-state index in [1.807, 2.05) is 0 Å². The molecule has 1 aromatic carbocycles. The van der Waals surface area contributed by atoms with Gasteiger partial charge in [-0.05, 0) is 18.6 Å². The Labute approximate surface area is 133 Å². The third-order valence-corrected chi connectivity index (χ3v) is 5.65. The molecule has 0 atom stereocenters. The van der Waals surface area contributed by atoms with Crippen LogP contribution in [0, 0.1) is 5.82 Å². The van der Waals surface area contributed by atoms with Crippen LogP contribution in [0.15, 0.2) is 23.1 Å². The standard InChI is InChI=1S/C13H16ClFN2O4S/c14-10-3-1-4-11(13(10)15)22(20,21)17-6-2-5-16(7-8-17)9-12(18)19/h1,3-4H,2,5-9H2,(H,18,19). The van der Waals surface area contributed by atoms with Gasteiger partial charge in [-0.2, -0.15) is 4.31 Å². The summed E-state index contributed by atoms with van der Waals surface area (Å²) in [7, 11) is -3.99. The van der Waals surface area contributed by atoms with E-state index in [9.17, 15) is 17.6 Å². The van der Waals surface area contributed by atoms with Crippen molar-refractivity contribution < 1.29 is 22.7 Å². The highest BCUT2D eigenvalue weighted by Gasteiger charge is 2.30. The molecule has 6 nitrogen and oxygen atoms in total. The van der Waals surface area contributed by atoms with Crippen LogP contribution in [0.4, 0.5) is 4.39 Å². The molecular formula is C13H16ClFN2O4S. The lowest BCUT2D eigenvalue weighted by atomic mass is 10.3. The molecule has 1 saturated heterocycles. The van der Waals surface area contributed by atoms with Crippen LogP contribution in [0.1, 0.15) is 6.42 Å². The highest BCUT2D eigenvalue weighted by Crippen LogP contribution is 2.25. The molecule has 122 valence electrons. The monoisotopic (exact) mass is 350 g/mol. The van der Waals surface area contributed by atoms with Gasteiger partial charge in [0.2, 0.25) is 10.0 Å². The molecule has 1 aliphatic rings. The second-order valence-electron chi connectivity index (χ2n) is 4.98. The summed E-state index contributed by atoms with van der Waals surface area (Å²) in [6, 6.07) is 3.84. The van der Waals surface area contributed by atoms with E-state index in [1.165, 1.54) is 22.5 Å². The quantitative estimate of drug-likeness (QED) is 0.884. The Morgan fingerprint density at radius 1 is 1.27 bits per heavy atom. The van der Waals surface area contributed by atoms with Crippen molar-refractivity contribution in [2.75, 3.05) is 32.7 Å². The van der Waals surface area contributed by atoms with Gasteiger partial charge in [0.15, 0.2) is 5.82 Å². The number of aliphatic carboxylic acids is 1. The van der Waals surface area contributed by atoms with Crippen LogP contribution in [0.2, 0.25) is 5.02 Å². The van der Waals surface area contributed by atoms with Crippen molar-refractivity contribution in [1.82, 2.24) is 9.21 Å². The summed E-state index contributed by atoms with van der Waals surface area (Å²) in [6.07, 6.45) is 0.481. The van der Waals surface area contributed by atoms with Gasteiger partial charge in [-0.3, -0.25) is 9.69 Å². The normalized spacial score (nSPS) is 18.1. The Bertz CT molecular complexity index is 668. The minimum absolute atomic E-state index is 0.113. The third-order valence-electron chi connectivity index (χ3n) is 3.44. The summed E-state index contributed by atoms with van der Waals surface area (Å²) < 4.78 is 40.2. The van der Waals surface area contributed by atoms with Crippen LogP contribution in [0.3, 0.4) is 0 Å². The number of hydrogen-bond donors (Lipinski definition) is 1. The maximum absolute atomic E-state index is 14.0. The fraction of sp³-hybridized carbons (Fsp3) is 0.462. The molecule has 22 heavy (non-hydrogen) atoms. The molecule has 0 radical (unpaired) electrons. The molecule has 0 spiro atoms. The van der Waals surface area contributed by atoms with Gasteiger partial charge in [-0.15, -0.1) is 0 Å². The fourth-order valence-corrected chi connectivity index (χ4v) is 4.15. The lowest BCUT2D eigenvalue weighted by molar-refractivity contribution is -0.138. The molecule has 1 N–H and O–H groups in total. The van der Waals surface area contributed by atoms with E-state index in [1.54, 1.807) is 4.90 Å². The largest absolute Gasteiger partial charge is 0.480 e. The van der Waals surface area contributed by atoms with Gasteiger partial charge < -0.3 is 5.11 Å². The predicted molar refractivity (Wildman–Crippen MR) is 78.9 cm³/mol. The van der Waals surface area contributed by atoms with Crippen LogP contribution >= 0.6 is 11.6 Å². The molecule has 9 heteroatoms. The number of hydrogen-bond acceptors (Lipinski definition) is 4. The Balaban J connectivity index is 2.20. The van der Waals surface area contributed by atoms with Crippen LogP contribution in [0.5, 0.6) is 0 Å².